The number of carboxylic acids is 1. The van der Waals surface area contributed by atoms with Crippen LogP contribution in [0.3, 0.4) is 0 Å². The van der Waals surface area contributed by atoms with Crippen molar-refractivity contribution in [1.82, 2.24) is 14.9 Å². The maximum Gasteiger partial charge on any atom is 0.410 e. The van der Waals surface area contributed by atoms with Gasteiger partial charge in [-0.25, -0.2) is 19.6 Å². The van der Waals surface area contributed by atoms with Gasteiger partial charge in [-0.1, -0.05) is 0 Å². The van der Waals surface area contributed by atoms with Crippen molar-refractivity contribution in [2.45, 2.75) is 39.3 Å². The Labute approximate surface area is 184 Å². The molecule has 1 aromatic carbocycles. The highest BCUT2D eigenvalue weighted by Crippen LogP contribution is 2.39. The number of rotatable bonds is 6. The highest BCUT2D eigenvalue weighted by Gasteiger charge is 2.25. The van der Waals surface area contributed by atoms with Crippen molar-refractivity contribution in [2.24, 2.45) is 0 Å². The number of carbonyl (C=O) groups is 2. The number of carbonyl (C=O) groups excluding carboxylic acids is 1. The van der Waals surface area contributed by atoms with Crippen molar-refractivity contribution < 1.29 is 24.2 Å². The molecule has 0 fully saturated rings. The van der Waals surface area contributed by atoms with Crippen molar-refractivity contribution in [1.29, 1.82) is 0 Å². The molecule has 0 spiro atoms. The molecule has 1 atom stereocenters. The van der Waals surface area contributed by atoms with Gasteiger partial charge in [-0.3, -0.25) is 0 Å². The largest absolute Gasteiger partial charge is 0.480 e. The Morgan fingerprint density at radius 3 is 2.65 bits per heavy atom. The van der Waals surface area contributed by atoms with E-state index in [1.807, 2.05) is 13.0 Å². The molecule has 0 saturated heterocycles. The first-order valence-electron chi connectivity index (χ1n) is 9.71. The summed E-state index contributed by atoms with van der Waals surface area (Å²) in [5.74, 6) is -0.658. The number of aromatic nitrogens is 2. The number of amides is 1. The number of anilines is 1. The van der Waals surface area contributed by atoms with E-state index in [1.165, 1.54) is 18.2 Å². The van der Waals surface area contributed by atoms with E-state index in [1.54, 1.807) is 33.9 Å². The summed E-state index contributed by atoms with van der Waals surface area (Å²) >= 11 is 1.16. The van der Waals surface area contributed by atoms with Crippen LogP contribution in [0.25, 0.3) is 21.1 Å². The number of fused-ring (bicyclic) bond motifs is 3. The van der Waals surface area contributed by atoms with Gasteiger partial charge in [-0.05, 0) is 39.8 Å². The zero-order chi connectivity index (χ0) is 22.9. The number of thiophene rings is 1. The maximum atomic E-state index is 12.3. The van der Waals surface area contributed by atoms with Gasteiger partial charge >= 0.3 is 12.1 Å². The third-order valence-electron chi connectivity index (χ3n) is 4.66. The van der Waals surface area contributed by atoms with E-state index < -0.39 is 17.7 Å². The number of nitrogens with one attached hydrogen (secondary N) is 1. The molecule has 0 aliphatic rings. The van der Waals surface area contributed by atoms with E-state index in [0.29, 0.717) is 34.5 Å². The smallest absolute Gasteiger partial charge is 0.410 e. The van der Waals surface area contributed by atoms with Crippen LogP contribution in [-0.4, -0.2) is 64.4 Å². The Balaban J connectivity index is 1.95. The lowest BCUT2D eigenvalue weighted by Gasteiger charge is -2.29. The van der Waals surface area contributed by atoms with Crippen LogP contribution >= 0.6 is 11.3 Å². The van der Waals surface area contributed by atoms with Crippen molar-refractivity contribution in [2.75, 3.05) is 26.0 Å². The first-order valence-corrected chi connectivity index (χ1v) is 10.5. The molecular weight excluding hydrogens is 420 g/mol. The summed E-state index contributed by atoms with van der Waals surface area (Å²) in [6.45, 7) is 7.59. The molecule has 0 unspecified atom stereocenters. The molecule has 1 amide bonds. The van der Waals surface area contributed by atoms with Gasteiger partial charge in [0.1, 0.15) is 10.5 Å². The fraction of sp³-hybridized carbons (Fsp3) is 0.429. The first-order chi connectivity index (χ1) is 14.5. The van der Waals surface area contributed by atoms with E-state index in [-0.39, 0.29) is 10.9 Å². The first kappa shape index (κ1) is 22.5. The third kappa shape index (κ3) is 4.79. The minimum Gasteiger partial charge on any atom is -0.480 e. The minimum absolute atomic E-state index is 0.173. The van der Waals surface area contributed by atoms with Crippen LogP contribution in [-0.2, 0) is 4.74 Å². The number of benzene rings is 1. The molecule has 3 rings (SSSR count). The van der Waals surface area contributed by atoms with Gasteiger partial charge in [-0.2, -0.15) is 0 Å². The maximum absolute atomic E-state index is 12.3. The molecule has 2 aromatic heterocycles. The second-order valence-corrected chi connectivity index (χ2v) is 9.20. The molecule has 166 valence electrons. The Morgan fingerprint density at radius 2 is 2.03 bits per heavy atom. The van der Waals surface area contributed by atoms with E-state index in [4.69, 9.17) is 9.47 Å². The Bertz CT molecular complexity index is 1140. The van der Waals surface area contributed by atoms with Crippen LogP contribution in [0.2, 0.25) is 0 Å². The Hall–Kier alpha value is -3.14. The van der Waals surface area contributed by atoms with Crippen LogP contribution < -0.4 is 10.1 Å². The molecule has 2 heterocycles. The molecule has 2 N–H and O–H groups in total. The zero-order valence-corrected chi connectivity index (χ0v) is 19.2. The minimum atomic E-state index is -1.04. The lowest BCUT2D eigenvalue weighted by molar-refractivity contribution is 0.0244. The van der Waals surface area contributed by atoms with Gasteiger partial charge < -0.3 is 24.8 Å². The fourth-order valence-electron chi connectivity index (χ4n) is 2.97. The number of carboxylic acid groups (broad SMARTS) is 1. The van der Waals surface area contributed by atoms with Crippen molar-refractivity contribution >= 4 is 50.2 Å². The molecule has 3 aromatic rings. The average Bonchev–Trinajstić information content (AvgIpc) is 3.08. The molecule has 0 aliphatic heterocycles. The van der Waals surface area contributed by atoms with Gasteiger partial charge in [0.05, 0.1) is 30.0 Å². The second-order valence-electron chi connectivity index (χ2n) is 8.15. The van der Waals surface area contributed by atoms with E-state index >= 15 is 0 Å². The molecular formula is C21H26N4O5S. The lowest BCUT2D eigenvalue weighted by atomic mass is 10.1. The van der Waals surface area contributed by atoms with Crippen LogP contribution in [0.4, 0.5) is 10.5 Å². The summed E-state index contributed by atoms with van der Waals surface area (Å²) in [6.07, 6.45) is 1.06. The molecule has 0 aliphatic carbocycles. The van der Waals surface area contributed by atoms with Crippen LogP contribution in [0, 0.1) is 0 Å². The predicted molar refractivity (Wildman–Crippen MR) is 120 cm³/mol. The number of ether oxygens (including phenoxy) is 2. The van der Waals surface area contributed by atoms with Gasteiger partial charge in [-0.15, -0.1) is 11.3 Å². The topological polar surface area (TPSA) is 114 Å². The molecule has 0 saturated carbocycles. The number of hydrogen-bond donors (Lipinski definition) is 2. The number of likely N-dealkylation sites (N-methyl/N-ethyl adjacent to an activating group) is 1. The highest BCUT2D eigenvalue weighted by molar-refractivity contribution is 7.21. The number of methoxy groups -OCH3 is 1. The molecule has 31 heavy (non-hydrogen) atoms. The van der Waals surface area contributed by atoms with Crippen molar-refractivity contribution in [3.8, 4) is 5.88 Å². The highest BCUT2D eigenvalue weighted by atomic mass is 32.1. The molecule has 0 radical (unpaired) electrons. The fourth-order valence-corrected chi connectivity index (χ4v) is 3.99. The number of aromatic carboxylic acids is 1. The standard InChI is InChI=1S/C21H26N4O5S/c1-11(25(5)20(28)30-21(2,3)4)9-22-17-15-13(31-18(17)19(26)27)8-7-12-16(15)23-10-14(24-12)29-6/h7-8,10-11,22H,9H2,1-6H3,(H,26,27)/t11-/m1/s1. The van der Waals surface area contributed by atoms with Gasteiger partial charge in [0, 0.05) is 29.7 Å². The van der Waals surface area contributed by atoms with Crippen LogP contribution in [0.15, 0.2) is 18.3 Å². The number of nitrogens with zero attached hydrogens (tertiary/aromatic N) is 3. The summed E-state index contributed by atoms with van der Waals surface area (Å²) < 4.78 is 11.3. The Morgan fingerprint density at radius 1 is 1.32 bits per heavy atom. The quantitative estimate of drug-likeness (QED) is 0.579. The number of hydrogen-bond acceptors (Lipinski definition) is 8. The van der Waals surface area contributed by atoms with Gasteiger partial charge in [0.15, 0.2) is 0 Å². The van der Waals surface area contributed by atoms with E-state index in [2.05, 4.69) is 15.3 Å². The van der Waals surface area contributed by atoms with Gasteiger partial charge in [0.25, 0.3) is 0 Å². The summed E-state index contributed by atoms with van der Waals surface area (Å²) in [6, 6.07) is 3.36. The molecule has 10 heteroatoms. The molecule has 9 nitrogen and oxygen atoms in total. The van der Waals surface area contributed by atoms with Crippen molar-refractivity contribution in [3.63, 3.8) is 0 Å². The van der Waals surface area contributed by atoms with Crippen LogP contribution in [0.5, 0.6) is 5.88 Å². The third-order valence-corrected chi connectivity index (χ3v) is 5.81. The van der Waals surface area contributed by atoms with Crippen molar-refractivity contribution in [3.05, 3.63) is 23.2 Å². The normalized spacial score (nSPS) is 12.6. The second kappa shape index (κ2) is 8.54. The van der Waals surface area contributed by atoms with Gasteiger partial charge in [0.2, 0.25) is 5.88 Å². The summed E-state index contributed by atoms with van der Waals surface area (Å²) in [5.41, 5.74) is 1.04. The van der Waals surface area contributed by atoms with Crippen LogP contribution in [0.1, 0.15) is 37.4 Å². The molecule has 0 bridgehead atoms. The summed E-state index contributed by atoms with van der Waals surface area (Å²) in [5, 5.41) is 13.6. The zero-order valence-electron chi connectivity index (χ0n) is 18.3. The summed E-state index contributed by atoms with van der Waals surface area (Å²) in [4.78, 5) is 34.7. The predicted octanol–water partition coefficient (Wildman–Crippen LogP) is 4.22. The van der Waals surface area contributed by atoms with E-state index in [0.717, 1.165) is 16.0 Å². The summed E-state index contributed by atoms with van der Waals surface area (Å²) in [7, 11) is 3.16. The average molecular weight is 447 g/mol. The SMILES string of the molecule is COc1cnc2c(ccc3sc(C(=O)O)c(NC[C@@H](C)N(C)C(=O)OC(C)(C)C)c32)n1. The lowest BCUT2D eigenvalue weighted by Crippen LogP contribution is -2.42. The Kier molecular flexibility index (Phi) is 6.21. The van der Waals surface area contributed by atoms with E-state index in [9.17, 15) is 14.7 Å². The monoisotopic (exact) mass is 446 g/mol.